The van der Waals surface area contributed by atoms with Crippen LogP contribution in [0, 0.1) is 12.8 Å². The highest BCUT2D eigenvalue weighted by atomic mass is 16.7. The van der Waals surface area contributed by atoms with Gasteiger partial charge in [-0.2, -0.15) is 0 Å². The molecule has 1 aromatic rings. The van der Waals surface area contributed by atoms with E-state index >= 15 is 0 Å². The molecule has 1 saturated heterocycles. The van der Waals surface area contributed by atoms with E-state index < -0.39 is 5.79 Å². The lowest BCUT2D eigenvalue weighted by atomic mass is 9.84. The van der Waals surface area contributed by atoms with Gasteiger partial charge in [0.1, 0.15) is 11.5 Å². The van der Waals surface area contributed by atoms with Crippen molar-refractivity contribution in [1.29, 1.82) is 0 Å². The molecule has 0 aromatic carbocycles. The van der Waals surface area contributed by atoms with E-state index in [0.717, 1.165) is 19.4 Å². The molecule has 1 fully saturated rings. The molecule has 4 nitrogen and oxygen atoms in total. The molecule has 2 atom stereocenters. The maximum absolute atomic E-state index is 11.8. The molecule has 2 aliphatic rings. The molecule has 0 saturated carbocycles. The second-order valence-corrected chi connectivity index (χ2v) is 5.00. The average molecular weight is 236 g/mol. The van der Waals surface area contributed by atoms with Gasteiger partial charge in [-0.1, -0.05) is 0 Å². The summed E-state index contributed by atoms with van der Waals surface area (Å²) >= 11 is 0. The quantitative estimate of drug-likeness (QED) is 0.691. The van der Waals surface area contributed by atoms with Crippen LogP contribution in [0.3, 0.4) is 0 Å². The van der Waals surface area contributed by atoms with Gasteiger partial charge in [0, 0.05) is 18.9 Å². The summed E-state index contributed by atoms with van der Waals surface area (Å²) in [5.41, 5.74) is 0.385. The van der Waals surface area contributed by atoms with Crippen LogP contribution in [0.2, 0.25) is 0 Å². The average Bonchev–Trinajstić information content (AvgIpc) is 2.25. The molecule has 0 bridgehead atoms. The molecule has 3 rings (SSSR count). The van der Waals surface area contributed by atoms with Crippen LogP contribution < -0.4 is 10.4 Å². The Morgan fingerprint density at radius 3 is 3.12 bits per heavy atom. The Balaban J connectivity index is 2.07. The van der Waals surface area contributed by atoms with Crippen LogP contribution in [0.1, 0.15) is 31.1 Å². The molecule has 92 valence electrons. The van der Waals surface area contributed by atoms with E-state index in [1.165, 1.54) is 0 Å². The summed E-state index contributed by atoms with van der Waals surface area (Å²) in [5.74, 6) is 0.867. The third-order valence-electron chi connectivity index (χ3n) is 3.72. The normalized spacial score (nSPS) is 31.3. The van der Waals surface area contributed by atoms with Gasteiger partial charge in [-0.3, -0.25) is 0 Å². The van der Waals surface area contributed by atoms with Crippen molar-refractivity contribution in [3.05, 3.63) is 27.8 Å². The van der Waals surface area contributed by atoms with Crippen molar-refractivity contribution >= 4 is 0 Å². The van der Waals surface area contributed by atoms with Gasteiger partial charge in [-0.05, 0) is 26.2 Å². The van der Waals surface area contributed by atoms with Crippen LogP contribution in [0.15, 0.2) is 15.3 Å². The highest BCUT2D eigenvalue weighted by molar-refractivity contribution is 5.34. The number of aryl methyl sites for hydroxylation is 1. The van der Waals surface area contributed by atoms with E-state index in [2.05, 4.69) is 0 Å². The zero-order valence-electron chi connectivity index (χ0n) is 10.1. The summed E-state index contributed by atoms with van der Waals surface area (Å²) < 4.78 is 16.8. The zero-order valence-corrected chi connectivity index (χ0v) is 10.1. The van der Waals surface area contributed by atoms with Crippen molar-refractivity contribution < 1.29 is 13.9 Å². The molecule has 1 aromatic heterocycles. The molecule has 4 heteroatoms. The third-order valence-corrected chi connectivity index (χ3v) is 3.72. The topological polar surface area (TPSA) is 48.7 Å². The Labute approximate surface area is 99.5 Å². The van der Waals surface area contributed by atoms with Gasteiger partial charge in [0.15, 0.2) is 0 Å². The molecule has 17 heavy (non-hydrogen) atoms. The van der Waals surface area contributed by atoms with Crippen LogP contribution in [-0.4, -0.2) is 12.4 Å². The van der Waals surface area contributed by atoms with Crippen molar-refractivity contribution in [2.75, 3.05) is 6.61 Å². The molecule has 0 spiro atoms. The maximum atomic E-state index is 11.8. The summed E-state index contributed by atoms with van der Waals surface area (Å²) in [4.78, 5) is 11.8. The molecule has 0 radical (unpaired) electrons. The summed E-state index contributed by atoms with van der Waals surface area (Å²) in [6.07, 6.45) is 2.74. The predicted octanol–water partition coefficient (Wildman–Crippen LogP) is 2.03. The second-order valence-electron chi connectivity index (χ2n) is 5.00. The van der Waals surface area contributed by atoms with Crippen molar-refractivity contribution in [2.24, 2.45) is 5.92 Å². The lowest BCUT2D eigenvalue weighted by molar-refractivity contribution is -0.233. The van der Waals surface area contributed by atoms with Gasteiger partial charge >= 0.3 is 5.63 Å². The Bertz CT molecular complexity index is 505. The number of ether oxygens (including phenoxy) is 2. The standard InChI is InChI=1S/C13H16O4/c1-8-6-11-10(12(14)16-8)7-9-4-3-5-15-13(9,2)17-11/h6,9H,3-5,7H2,1-2H3/t9-,13+/m1/s1. The summed E-state index contributed by atoms with van der Waals surface area (Å²) in [6, 6.07) is 1.77. The van der Waals surface area contributed by atoms with Crippen molar-refractivity contribution in [3.63, 3.8) is 0 Å². The molecule has 2 aliphatic heterocycles. The first-order valence-corrected chi connectivity index (χ1v) is 6.05. The van der Waals surface area contributed by atoms with Gasteiger partial charge in [0.25, 0.3) is 0 Å². The van der Waals surface area contributed by atoms with E-state index in [-0.39, 0.29) is 11.5 Å². The Morgan fingerprint density at radius 2 is 2.29 bits per heavy atom. The fourth-order valence-corrected chi connectivity index (χ4v) is 2.73. The molecule has 0 amide bonds. The molecule has 0 aliphatic carbocycles. The van der Waals surface area contributed by atoms with E-state index in [9.17, 15) is 4.79 Å². The van der Waals surface area contributed by atoms with Crippen LogP contribution >= 0.6 is 0 Å². The zero-order chi connectivity index (χ0) is 12.0. The largest absolute Gasteiger partial charge is 0.462 e. The van der Waals surface area contributed by atoms with Gasteiger partial charge in [-0.15, -0.1) is 0 Å². The minimum absolute atomic E-state index is 0.245. The number of fused-ring (bicyclic) bond motifs is 2. The van der Waals surface area contributed by atoms with E-state index in [4.69, 9.17) is 13.9 Å². The van der Waals surface area contributed by atoms with Crippen molar-refractivity contribution in [2.45, 2.75) is 38.9 Å². The molecule has 0 N–H and O–H groups in total. The lowest BCUT2D eigenvalue weighted by Crippen LogP contribution is -2.50. The summed E-state index contributed by atoms with van der Waals surface area (Å²) in [6.45, 7) is 4.44. The fourth-order valence-electron chi connectivity index (χ4n) is 2.73. The van der Waals surface area contributed by atoms with Crippen LogP contribution in [0.5, 0.6) is 5.75 Å². The smallest absolute Gasteiger partial charge is 0.342 e. The highest BCUT2D eigenvalue weighted by Gasteiger charge is 2.44. The molecule has 0 unspecified atom stereocenters. The molecule has 3 heterocycles. The minimum atomic E-state index is -0.578. The monoisotopic (exact) mass is 236 g/mol. The van der Waals surface area contributed by atoms with Gasteiger partial charge in [0.05, 0.1) is 12.2 Å². The highest BCUT2D eigenvalue weighted by Crippen LogP contribution is 2.41. The van der Waals surface area contributed by atoms with Crippen LogP contribution in [0.4, 0.5) is 0 Å². The Morgan fingerprint density at radius 1 is 1.47 bits per heavy atom. The fraction of sp³-hybridized carbons (Fsp3) is 0.615. The third kappa shape index (κ3) is 1.67. The second kappa shape index (κ2) is 3.60. The van der Waals surface area contributed by atoms with E-state index in [1.807, 2.05) is 6.92 Å². The minimum Gasteiger partial charge on any atom is -0.462 e. The summed E-state index contributed by atoms with van der Waals surface area (Å²) in [5, 5.41) is 0. The molecular formula is C13H16O4. The van der Waals surface area contributed by atoms with Crippen LogP contribution in [-0.2, 0) is 11.2 Å². The van der Waals surface area contributed by atoms with Crippen molar-refractivity contribution in [1.82, 2.24) is 0 Å². The molecular weight excluding hydrogens is 220 g/mol. The number of rotatable bonds is 0. The van der Waals surface area contributed by atoms with E-state index in [0.29, 0.717) is 23.5 Å². The van der Waals surface area contributed by atoms with Gasteiger partial charge in [0.2, 0.25) is 5.79 Å². The van der Waals surface area contributed by atoms with Crippen LogP contribution in [0.25, 0.3) is 0 Å². The van der Waals surface area contributed by atoms with Crippen molar-refractivity contribution in [3.8, 4) is 5.75 Å². The SMILES string of the molecule is Cc1cc2c(c(=O)o1)C[C@H]1CCCO[C@@]1(C)O2. The van der Waals surface area contributed by atoms with E-state index in [1.54, 1.807) is 13.0 Å². The summed E-state index contributed by atoms with van der Waals surface area (Å²) in [7, 11) is 0. The first-order chi connectivity index (χ1) is 8.08. The Hall–Kier alpha value is -1.29. The number of hydrogen-bond acceptors (Lipinski definition) is 4. The number of hydrogen-bond donors (Lipinski definition) is 0. The first kappa shape index (κ1) is 10.8. The first-order valence-electron chi connectivity index (χ1n) is 6.05. The maximum Gasteiger partial charge on any atom is 0.342 e. The van der Waals surface area contributed by atoms with Gasteiger partial charge in [-0.25, -0.2) is 4.79 Å². The van der Waals surface area contributed by atoms with Gasteiger partial charge < -0.3 is 13.9 Å². The lowest BCUT2D eigenvalue weighted by Gasteiger charge is -2.44. The Kier molecular flexibility index (Phi) is 2.30. The predicted molar refractivity (Wildman–Crippen MR) is 61.1 cm³/mol.